The Balaban J connectivity index is 4.44. The number of carbonyl (C=O) groups is 2. The van der Waals surface area contributed by atoms with Gasteiger partial charge in [-0.05, 0) is 38.5 Å². The first-order chi connectivity index (χ1) is 24.0. The fourth-order valence-corrected chi connectivity index (χ4v) is 5.99. The maximum atomic E-state index is 12.6. The molecule has 9 nitrogen and oxygen atoms in total. The number of rotatable bonds is 36. The molecule has 1 unspecified atom stereocenters. The molecule has 0 saturated carbocycles. The van der Waals surface area contributed by atoms with E-state index in [9.17, 15) is 19.0 Å². The van der Waals surface area contributed by atoms with Crippen molar-refractivity contribution in [2.75, 3.05) is 47.5 Å². The van der Waals surface area contributed by atoms with Crippen molar-refractivity contribution < 1.29 is 42.1 Å². The highest BCUT2D eigenvalue weighted by atomic mass is 31.2. The third-order valence-electron chi connectivity index (χ3n) is 8.47. The second kappa shape index (κ2) is 33.3. The summed E-state index contributed by atoms with van der Waals surface area (Å²) >= 11 is 0. The maximum absolute atomic E-state index is 12.6. The van der Waals surface area contributed by atoms with Gasteiger partial charge in [0, 0.05) is 12.8 Å². The largest absolute Gasteiger partial charge is 0.756 e. The highest BCUT2D eigenvalue weighted by Crippen LogP contribution is 2.38. The first kappa shape index (κ1) is 48.5. The molecule has 0 bridgehead atoms. The van der Waals surface area contributed by atoms with Crippen LogP contribution in [-0.2, 0) is 32.7 Å². The average molecular weight is 730 g/mol. The predicted octanol–water partition coefficient (Wildman–Crippen LogP) is 10.2. The molecule has 0 aliphatic rings. The molecule has 0 N–H and O–H groups in total. The number of ether oxygens (including phenoxy) is 2. The van der Waals surface area contributed by atoms with E-state index in [4.69, 9.17) is 18.5 Å². The number of esters is 2. The summed E-state index contributed by atoms with van der Waals surface area (Å²) in [4.78, 5) is 37.3. The summed E-state index contributed by atoms with van der Waals surface area (Å²) in [5.74, 6) is -0.849. The van der Waals surface area contributed by atoms with E-state index >= 15 is 0 Å². The van der Waals surface area contributed by atoms with Gasteiger partial charge < -0.3 is 27.9 Å². The van der Waals surface area contributed by atoms with Crippen LogP contribution in [0, 0.1) is 0 Å². The average Bonchev–Trinajstić information content (AvgIpc) is 3.06. The molecular weight excluding hydrogens is 653 g/mol. The Labute approximate surface area is 307 Å². The number of phosphoric ester groups is 1. The van der Waals surface area contributed by atoms with Gasteiger partial charge in [0.1, 0.15) is 19.8 Å². The van der Waals surface area contributed by atoms with E-state index in [2.05, 4.69) is 38.2 Å². The van der Waals surface area contributed by atoms with E-state index in [-0.39, 0.29) is 32.0 Å². The number of quaternary nitrogens is 1. The van der Waals surface area contributed by atoms with Crippen molar-refractivity contribution in [1.82, 2.24) is 0 Å². The van der Waals surface area contributed by atoms with Crippen molar-refractivity contribution in [3.63, 3.8) is 0 Å². The molecule has 2 atom stereocenters. The lowest BCUT2D eigenvalue weighted by Gasteiger charge is -2.28. The molecule has 0 amide bonds. The molecule has 294 valence electrons. The van der Waals surface area contributed by atoms with Crippen LogP contribution in [0.3, 0.4) is 0 Å². The number of likely N-dealkylation sites (N-methyl/N-ethyl adjacent to an activating group) is 1. The standard InChI is InChI=1S/C40H76NO8P/c1-6-8-10-12-14-16-18-20-21-23-25-27-29-31-33-40(43)49-38(37-48-50(44,45)47-35-34-41(3,4)5)36-46-39(42)32-30-28-26-24-22-19-17-15-13-11-9-7-2/h12,14,18,20,38H,6-11,13,15-17,19,21-37H2,1-5H3/b14-12-,20-18-/t38-/m1/s1. The van der Waals surface area contributed by atoms with E-state index in [1.807, 2.05) is 21.1 Å². The molecule has 0 heterocycles. The van der Waals surface area contributed by atoms with E-state index < -0.39 is 26.5 Å². The Bertz CT molecular complexity index is 918. The van der Waals surface area contributed by atoms with Gasteiger partial charge in [0.15, 0.2) is 6.10 Å². The Morgan fingerprint density at radius 2 is 1.10 bits per heavy atom. The third kappa shape index (κ3) is 36.3. The second-order valence-corrected chi connectivity index (χ2v) is 16.1. The molecule has 50 heavy (non-hydrogen) atoms. The second-order valence-electron chi connectivity index (χ2n) is 14.7. The van der Waals surface area contributed by atoms with Gasteiger partial charge in [-0.1, -0.05) is 141 Å². The van der Waals surface area contributed by atoms with Gasteiger partial charge in [-0.15, -0.1) is 0 Å². The van der Waals surface area contributed by atoms with Crippen LogP contribution in [0.1, 0.15) is 168 Å². The molecule has 0 radical (unpaired) electrons. The fourth-order valence-electron chi connectivity index (χ4n) is 5.26. The van der Waals surface area contributed by atoms with E-state index in [1.54, 1.807) is 0 Å². The molecular formula is C40H76NO8P. The van der Waals surface area contributed by atoms with Gasteiger partial charge in [-0.2, -0.15) is 0 Å². The molecule has 0 rings (SSSR count). The highest BCUT2D eigenvalue weighted by molar-refractivity contribution is 7.45. The minimum absolute atomic E-state index is 0.0322. The summed E-state index contributed by atoms with van der Waals surface area (Å²) in [6.45, 7) is 4.16. The lowest BCUT2D eigenvalue weighted by molar-refractivity contribution is -0.870. The zero-order valence-electron chi connectivity index (χ0n) is 32.8. The van der Waals surface area contributed by atoms with Crippen LogP contribution in [0.5, 0.6) is 0 Å². The topological polar surface area (TPSA) is 111 Å². The molecule has 0 fully saturated rings. The van der Waals surface area contributed by atoms with Crippen molar-refractivity contribution in [3.05, 3.63) is 24.3 Å². The Morgan fingerprint density at radius 3 is 1.64 bits per heavy atom. The van der Waals surface area contributed by atoms with Gasteiger partial charge in [0.05, 0.1) is 27.7 Å². The van der Waals surface area contributed by atoms with Crippen molar-refractivity contribution >= 4 is 19.8 Å². The number of phosphoric acid groups is 1. The fraction of sp³-hybridized carbons (Fsp3) is 0.850. The van der Waals surface area contributed by atoms with Crippen LogP contribution in [0.2, 0.25) is 0 Å². The summed E-state index contributed by atoms with van der Waals surface area (Å²) in [5, 5.41) is 0. The van der Waals surface area contributed by atoms with Gasteiger partial charge >= 0.3 is 11.9 Å². The summed E-state index contributed by atoms with van der Waals surface area (Å²) in [7, 11) is 1.16. The first-order valence-corrected chi connectivity index (χ1v) is 21.5. The van der Waals surface area contributed by atoms with Crippen molar-refractivity contribution in [1.29, 1.82) is 0 Å². The zero-order valence-corrected chi connectivity index (χ0v) is 33.7. The smallest absolute Gasteiger partial charge is 0.306 e. The summed E-state index contributed by atoms with van der Waals surface area (Å²) in [6, 6.07) is 0. The third-order valence-corrected chi connectivity index (χ3v) is 9.44. The number of hydrogen-bond acceptors (Lipinski definition) is 8. The van der Waals surface area contributed by atoms with Crippen LogP contribution in [-0.4, -0.2) is 70.0 Å². The molecule has 0 saturated heterocycles. The van der Waals surface area contributed by atoms with Gasteiger partial charge in [-0.3, -0.25) is 14.2 Å². The van der Waals surface area contributed by atoms with Crippen LogP contribution in [0.15, 0.2) is 24.3 Å². The first-order valence-electron chi connectivity index (χ1n) is 20.0. The Hall–Kier alpha value is -1.51. The van der Waals surface area contributed by atoms with Gasteiger partial charge in [0.2, 0.25) is 0 Å². The highest BCUT2D eigenvalue weighted by Gasteiger charge is 2.21. The van der Waals surface area contributed by atoms with Crippen molar-refractivity contribution in [3.8, 4) is 0 Å². The molecule has 0 aromatic carbocycles. The number of hydrogen-bond donors (Lipinski definition) is 0. The van der Waals surface area contributed by atoms with E-state index in [1.165, 1.54) is 70.6 Å². The lowest BCUT2D eigenvalue weighted by atomic mass is 10.0. The molecule has 0 aliphatic carbocycles. The Morgan fingerprint density at radius 1 is 0.620 bits per heavy atom. The lowest BCUT2D eigenvalue weighted by Crippen LogP contribution is -2.37. The molecule has 10 heteroatoms. The predicted molar refractivity (Wildman–Crippen MR) is 204 cm³/mol. The molecule has 0 aliphatic heterocycles. The summed E-state index contributed by atoms with van der Waals surface area (Å²) in [6.07, 6.45) is 33.4. The maximum Gasteiger partial charge on any atom is 0.306 e. The monoisotopic (exact) mass is 730 g/mol. The van der Waals surface area contributed by atoms with E-state index in [0.717, 1.165) is 64.2 Å². The molecule has 0 aromatic rings. The van der Waals surface area contributed by atoms with E-state index in [0.29, 0.717) is 17.4 Å². The quantitative estimate of drug-likeness (QED) is 0.0206. The number of carbonyl (C=O) groups excluding carboxylic acids is 2. The number of unbranched alkanes of at least 4 members (excludes halogenated alkanes) is 18. The summed E-state index contributed by atoms with van der Waals surface area (Å²) in [5.41, 5.74) is 0. The van der Waals surface area contributed by atoms with Gasteiger partial charge in [0.25, 0.3) is 7.82 Å². The van der Waals surface area contributed by atoms with Gasteiger partial charge in [-0.25, -0.2) is 0 Å². The normalized spacial score (nSPS) is 14.0. The van der Waals surface area contributed by atoms with Crippen molar-refractivity contribution in [2.24, 2.45) is 0 Å². The zero-order chi connectivity index (χ0) is 37.2. The van der Waals surface area contributed by atoms with Crippen molar-refractivity contribution in [2.45, 2.75) is 174 Å². The minimum atomic E-state index is -4.62. The number of allylic oxidation sites excluding steroid dienone is 4. The minimum Gasteiger partial charge on any atom is -0.756 e. The van der Waals surface area contributed by atoms with Crippen LogP contribution < -0.4 is 4.89 Å². The summed E-state index contributed by atoms with van der Waals surface area (Å²) < 4.78 is 33.8. The number of nitrogens with zero attached hydrogens (tertiary/aromatic N) is 1. The van der Waals surface area contributed by atoms with Crippen LogP contribution in [0.4, 0.5) is 0 Å². The Kier molecular flexibility index (Phi) is 32.3. The van der Waals surface area contributed by atoms with Crippen LogP contribution >= 0.6 is 7.82 Å². The SMILES string of the molecule is CCCC/C=C\C/C=C\CCCCCCCC(=O)O[C@H](COC(=O)CCCCCCCCCCCCCC)COP(=O)([O-])OCC[N+](C)(C)C. The molecule has 0 spiro atoms. The van der Waals surface area contributed by atoms with Crippen LogP contribution in [0.25, 0.3) is 0 Å². The molecule has 0 aromatic heterocycles.